The van der Waals surface area contributed by atoms with Crippen molar-refractivity contribution < 1.29 is 9.18 Å². The lowest BCUT2D eigenvalue weighted by atomic mass is 10.1. The van der Waals surface area contributed by atoms with Crippen molar-refractivity contribution >= 4 is 29.0 Å². The van der Waals surface area contributed by atoms with E-state index in [4.69, 9.17) is 22.3 Å². The molecule has 4 rings (SSSR count). The summed E-state index contributed by atoms with van der Waals surface area (Å²) in [4.78, 5) is 18.5. The number of benzene rings is 2. The maximum Gasteiger partial charge on any atom is 0.236 e. The van der Waals surface area contributed by atoms with Gasteiger partial charge in [0.1, 0.15) is 23.2 Å². The zero-order valence-corrected chi connectivity index (χ0v) is 16.7. The number of imidazole rings is 1. The molecule has 8 heteroatoms. The first-order chi connectivity index (χ1) is 14.0. The van der Waals surface area contributed by atoms with Crippen molar-refractivity contribution in [3.8, 4) is 11.3 Å². The van der Waals surface area contributed by atoms with E-state index in [-0.39, 0.29) is 17.5 Å². The lowest BCUT2D eigenvalue weighted by Gasteiger charge is -2.28. The number of nitrogens with zero attached hydrogens (tertiary/aromatic N) is 3. The summed E-state index contributed by atoms with van der Waals surface area (Å²) in [6, 6.07) is 12.6. The molecule has 1 amide bonds. The molecule has 29 heavy (non-hydrogen) atoms. The molecule has 0 fully saturated rings. The molecular weight excluding hydrogens is 393 g/mol. The van der Waals surface area contributed by atoms with Gasteiger partial charge in [0.15, 0.2) is 0 Å². The summed E-state index contributed by atoms with van der Waals surface area (Å²) < 4.78 is 15.7. The fraction of sp³-hybridized carbons (Fsp3) is 0.238. The molecule has 0 aliphatic carbocycles. The van der Waals surface area contributed by atoms with Crippen LogP contribution in [0.5, 0.6) is 0 Å². The smallest absolute Gasteiger partial charge is 0.236 e. The second kappa shape index (κ2) is 7.85. The summed E-state index contributed by atoms with van der Waals surface area (Å²) in [5, 5.41) is 3.47. The third-order valence-corrected chi connectivity index (χ3v) is 5.30. The van der Waals surface area contributed by atoms with Crippen LogP contribution < -0.4 is 11.1 Å². The summed E-state index contributed by atoms with van der Waals surface area (Å²) in [7, 11) is 0. The van der Waals surface area contributed by atoms with Gasteiger partial charge in [-0.15, -0.1) is 0 Å². The van der Waals surface area contributed by atoms with Crippen molar-refractivity contribution in [1.82, 2.24) is 14.5 Å². The molecular formula is C21H21ClFN5O. The van der Waals surface area contributed by atoms with Crippen molar-refractivity contribution in [3.63, 3.8) is 0 Å². The predicted octanol–water partition coefficient (Wildman–Crippen LogP) is 3.70. The number of amides is 1. The van der Waals surface area contributed by atoms with Crippen LogP contribution in [0.4, 0.5) is 15.9 Å². The monoisotopic (exact) mass is 413 g/mol. The predicted molar refractivity (Wildman–Crippen MR) is 112 cm³/mol. The average molecular weight is 414 g/mol. The molecule has 150 valence electrons. The minimum atomic E-state index is -0.479. The molecule has 0 unspecified atom stereocenters. The van der Waals surface area contributed by atoms with Gasteiger partial charge in [-0.2, -0.15) is 0 Å². The molecule has 3 N–H and O–H groups in total. The largest absolute Gasteiger partial charge is 0.340 e. The van der Waals surface area contributed by atoms with Crippen LogP contribution in [0.3, 0.4) is 0 Å². The number of anilines is 2. The van der Waals surface area contributed by atoms with Gasteiger partial charge in [-0.3, -0.25) is 4.79 Å². The van der Waals surface area contributed by atoms with Crippen LogP contribution in [0.2, 0.25) is 5.02 Å². The number of halogens is 2. The van der Waals surface area contributed by atoms with E-state index >= 15 is 0 Å². The quantitative estimate of drug-likeness (QED) is 0.683. The van der Waals surface area contributed by atoms with Crippen molar-refractivity contribution in [2.24, 2.45) is 5.73 Å². The van der Waals surface area contributed by atoms with Crippen LogP contribution in [0.1, 0.15) is 11.4 Å². The number of carbonyl (C=O) groups excluding carboxylic acids is 1. The molecule has 2 heterocycles. The summed E-state index contributed by atoms with van der Waals surface area (Å²) in [6.45, 7) is 3.49. The Hall–Kier alpha value is -2.90. The van der Waals surface area contributed by atoms with Crippen LogP contribution in [0, 0.1) is 12.7 Å². The van der Waals surface area contributed by atoms with Crippen LogP contribution >= 0.6 is 11.6 Å². The highest BCUT2D eigenvalue weighted by atomic mass is 35.5. The van der Waals surface area contributed by atoms with Gasteiger partial charge in [0, 0.05) is 24.3 Å². The molecule has 0 saturated carbocycles. The summed E-state index contributed by atoms with van der Waals surface area (Å²) in [5.41, 5.74) is 8.94. The zero-order chi connectivity index (χ0) is 20.5. The van der Waals surface area contributed by atoms with E-state index in [1.165, 1.54) is 6.07 Å². The topological polar surface area (TPSA) is 76.2 Å². The number of carbonyl (C=O) groups is 1. The van der Waals surface area contributed by atoms with Gasteiger partial charge in [-0.25, -0.2) is 9.37 Å². The highest BCUT2D eigenvalue weighted by Gasteiger charge is 2.26. The Labute approximate surface area is 173 Å². The van der Waals surface area contributed by atoms with Gasteiger partial charge in [-0.05, 0) is 37.3 Å². The number of hydrogen-bond acceptors (Lipinski definition) is 4. The third-order valence-electron chi connectivity index (χ3n) is 5.01. The van der Waals surface area contributed by atoms with E-state index in [0.29, 0.717) is 30.9 Å². The summed E-state index contributed by atoms with van der Waals surface area (Å²) >= 11 is 6.01. The van der Waals surface area contributed by atoms with Gasteiger partial charge < -0.3 is 20.5 Å². The number of fused-ring (bicyclic) bond motifs is 1. The fourth-order valence-corrected chi connectivity index (χ4v) is 3.60. The first-order valence-corrected chi connectivity index (χ1v) is 9.70. The molecule has 3 aromatic rings. The van der Waals surface area contributed by atoms with Crippen molar-refractivity contribution in [2.75, 3.05) is 18.4 Å². The second-order valence-electron chi connectivity index (χ2n) is 7.02. The van der Waals surface area contributed by atoms with E-state index < -0.39 is 5.82 Å². The van der Waals surface area contributed by atoms with Gasteiger partial charge >= 0.3 is 0 Å². The van der Waals surface area contributed by atoms with Gasteiger partial charge in [0.05, 0.1) is 18.1 Å². The lowest BCUT2D eigenvalue weighted by molar-refractivity contribution is -0.131. The Morgan fingerprint density at radius 3 is 2.69 bits per heavy atom. The Bertz CT molecular complexity index is 1060. The lowest BCUT2D eigenvalue weighted by Crippen LogP contribution is -2.41. The summed E-state index contributed by atoms with van der Waals surface area (Å²) in [6.07, 6.45) is 0. The van der Waals surface area contributed by atoms with Gasteiger partial charge in [0.25, 0.3) is 0 Å². The highest BCUT2D eigenvalue weighted by Crippen LogP contribution is 2.34. The number of hydrogen-bond donors (Lipinski definition) is 2. The molecule has 0 atom stereocenters. The molecule has 2 aromatic carbocycles. The normalized spacial score (nSPS) is 13.3. The number of aromatic nitrogens is 2. The highest BCUT2D eigenvalue weighted by molar-refractivity contribution is 6.31. The molecule has 0 bridgehead atoms. The Balaban J connectivity index is 1.78. The number of aryl methyl sites for hydroxylation is 1. The van der Waals surface area contributed by atoms with Gasteiger partial charge in [0.2, 0.25) is 5.91 Å². The molecule has 0 spiro atoms. The first-order valence-electron chi connectivity index (χ1n) is 9.32. The van der Waals surface area contributed by atoms with Crippen LogP contribution in [0.15, 0.2) is 42.5 Å². The summed E-state index contributed by atoms with van der Waals surface area (Å²) in [5.74, 6) is 0.931. The molecule has 1 aliphatic heterocycles. The van der Waals surface area contributed by atoms with Crippen molar-refractivity contribution in [1.29, 1.82) is 0 Å². The molecule has 0 radical (unpaired) electrons. The second-order valence-corrected chi connectivity index (χ2v) is 7.42. The third kappa shape index (κ3) is 3.83. The van der Waals surface area contributed by atoms with Crippen LogP contribution in [-0.4, -0.2) is 33.4 Å². The van der Waals surface area contributed by atoms with Crippen LogP contribution in [0.25, 0.3) is 11.3 Å². The van der Waals surface area contributed by atoms with Gasteiger partial charge in [-0.1, -0.05) is 29.3 Å². The minimum absolute atomic E-state index is 0.0321. The molecule has 1 aliphatic rings. The molecule has 1 aromatic heterocycles. The number of nitrogens with two attached hydrogens (primary N) is 1. The number of rotatable bonds is 4. The first kappa shape index (κ1) is 19.4. The maximum atomic E-state index is 13.7. The van der Waals surface area contributed by atoms with Crippen LogP contribution in [-0.2, 0) is 17.9 Å². The number of nitrogens with one attached hydrogen (secondary N) is 1. The minimum Gasteiger partial charge on any atom is -0.340 e. The van der Waals surface area contributed by atoms with E-state index in [0.717, 1.165) is 22.9 Å². The molecule has 0 saturated heterocycles. The average Bonchev–Trinajstić information content (AvgIpc) is 3.08. The Morgan fingerprint density at radius 1 is 1.24 bits per heavy atom. The SMILES string of the molecule is Cc1ccc(Nc2c(-c3ccc(F)c(Cl)c3)nc3n2CCN(C(=O)CN)C3)cc1. The van der Waals surface area contributed by atoms with E-state index in [1.54, 1.807) is 17.0 Å². The van der Waals surface area contributed by atoms with E-state index in [9.17, 15) is 9.18 Å². The fourth-order valence-electron chi connectivity index (χ4n) is 3.42. The van der Waals surface area contributed by atoms with E-state index in [2.05, 4.69) is 5.32 Å². The van der Waals surface area contributed by atoms with Crippen molar-refractivity contribution in [2.45, 2.75) is 20.0 Å². The van der Waals surface area contributed by atoms with Crippen molar-refractivity contribution in [3.05, 3.63) is 64.7 Å². The Kier molecular flexibility index (Phi) is 5.25. The maximum absolute atomic E-state index is 13.7. The standard InChI is InChI=1S/C21H21ClFN5O/c1-13-2-5-15(6-3-13)25-21-20(14-4-7-17(23)16(22)10-14)26-18-12-27(19(29)11-24)8-9-28(18)21/h2-7,10,25H,8-9,11-12,24H2,1H3. The van der Waals surface area contributed by atoms with E-state index in [1.807, 2.05) is 35.8 Å². The molecule has 6 nitrogen and oxygen atoms in total. The Morgan fingerprint density at radius 2 is 2.00 bits per heavy atom. The zero-order valence-electron chi connectivity index (χ0n) is 16.0.